The highest BCUT2D eigenvalue weighted by Crippen LogP contribution is 2.35. The number of nitrogen functional groups attached to an aromatic ring is 1. The third-order valence-electron chi connectivity index (χ3n) is 5.63. The Labute approximate surface area is 154 Å². The minimum atomic E-state index is 0.275. The standard InChI is InChI=1S/C19H27N7/c1-12(2)26-16-11-25(13-5-8-24(3)9-6-13)19-17(15(20)4-7-22-19)18(21)14(16)10-23-26/h4,7,10,12-13,21H,5-6,8-9,11H2,1-3H3,(H2,20,22)/p+1. The summed E-state index contributed by atoms with van der Waals surface area (Å²) in [4.78, 5) is 9.49. The normalized spacial score (nSPS) is 18.8. The van der Waals surface area contributed by atoms with Crippen molar-refractivity contribution in [2.75, 3.05) is 30.8 Å². The Bertz CT molecular complexity index is 830. The Morgan fingerprint density at radius 1 is 1.27 bits per heavy atom. The van der Waals surface area contributed by atoms with Gasteiger partial charge in [0, 0.05) is 18.3 Å². The van der Waals surface area contributed by atoms with E-state index >= 15 is 0 Å². The maximum Gasteiger partial charge on any atom is 0.220 e. The van der Waals surface area contributed by atoms with Crippen LogP contribution in [0, 0.1) is 0 Å². The van der Waals surface area contributed by atoms with Gasteiger partial charge in [0.2, 0.25) is 5.71 Å². The van der Waals surface area contributed by atoms with E-state index < -0.39 is 0 Å². The van der Waals surface area contributed by atoms with Gasteiger partial charge in [0.15, 0.2) is 0 Å². The second-order valence-corrected chi connectivity index (χ2v) is 7.72. The lowest BCUT2D eigenvalue weighted by Gasteiger charge is -2.38. The number of hydrogen-bond donors (Lipinski definition) is 2. The Balaban J connectivity index is 1.85. The van der Waals surface area contributed by atoms with Crippen molar-refractivity contribution in [3.63, 3.8) is 0 Å². The number of nitrogens with two attached hydrogens (primary N) is 2. The maximum atomic E-state index is 6.59. The first-order chi connectivity index (χ1) is 12.5. The molecule has 4 heterocycles. The molecule has 0 aromatic carbocycles. The number of hydrogen-bond acceptors (Lipinski definition) is 5. The summed E-state index contributed by atoms with van der Waals surface area (Å²) in [7, 11) is 2.18. The van der Waals surface area contributed by atoms with Crippen molar-refractivity contribution >= 4 is 17.2 Å². The second-order valence-electron chi connectivity index (χ2n) is 7.72. The molecule has 2 aromatic heterocycles. The summed E-state index contributed by atoms with van der Waals surface area (Å²) in [5.74, 6) is 0.906. The molecule has 0 amide bonds. The van der Waals surface area contributed by atoms with Gasteiger partial charge >= 0.3 is 0 Å². The molecule has 26 heavy (non-hydrogen) atoms. The van der Waals surface area contributed by atoms with Crippen molar-refractivity contribution in [3.05, 3.63) is 35.3 Å². The summed E-state index contributed by atoms with van der Waals surface area (Å²) in [5.41, 5.74) is 10.7. The lowest BCUT2D eigenvalue weighted by molar-refractivity contribution is -0.111. The van der Waals surface area contributed by atoms with Gasteiger partial charge in [-0.1, -0.05) is 0 Å². The minimum Gasteiger partial charge on any atom is -0.398 e. The first-order valence-corrected chi connectivity index (χ1v) is 9.36. The number of pyridine rings is 1. The smallest absolute Gasteiger partial charge is 0.220 e. The van der Waals surface area contributed by atoms with Crippen molar-refractivity contribution < 1.29 is 5.41 Å². The maximum absolute atomic E-state index is 6.59. The Hall–Kier alpha value is -2.41. The van der Waals surface area contributed by atoms with Gasteiger partial charge < -0.3 is 15.5 Å². The van der Waals surface area contributed by atoms with Gasteiger partial charge in [-0.25, -0.2) is 4.98 Å². The van der Waals surface area contributed by atoms with Gasteiger partial charge in [-0.2, -0.15) is 5.10 Å². The zero-order valence-electron chi connectivity index (χ0n) is 15.8. The summed E-state index contributed by atoms with van der Waals surface area (Å²) in [5, 5.41) is 11.2. The first kappa shape index (κ1) is 17.0. The SMILES string of the molecule is CC(C)n1ncc2c1CN(C1CCN(C)CC1)c1nccc(N)c1C2=[NH2+]. The Morgan fingerprint density at radius 2 is 2.00 bits per heavy atom. The van der Waals surface area contributed by atoms with Crippen molar-refractivity contribution in [1.82, 2.24) is 19.7 Å². The van der Waals surface area contributed by atoms with E-state index in [-0.39, 0.29) is 6.04 Å². The molecule has 2 aliphatic rings. The third-order valence-corrected chi connectivity index (χ3v) is 5.63. The summed E-state index contributed by atoms with van der Waals surface area (Å²) in [6.45, 7) is 7.23. The molecular weight excluding hydrogens is 326 g/mol. The lowest BCUT2D eigenvalue weighted by Crippen LogP contribution is -2.45. The molecule has 0 radical (unpaired) electrons. The fourth-order valence-electron chi connectivity index (χ4n) is 4.15. The molecule has 0 unspecified atom stereocenters. The number of likely N-dealkylation sites (tertiary alicyclic amines) is 1. The van der Waals surface area contributed by atoms with E-state index in [0.29, 0.717) is 17.4 Å². The van der Waals surface area contributed by atoms with Crippen LogP contribution in [-0.4, -0.2) is 51.6 Å². The van der Waals surface area contributed by atoms with E-state index in [2.05, 4.69) is 40.5 Å². The molecule has 0 aliphatic carbocycles. The van der Waals surface area contributed by atoms with Gasteiger partial charge in [-0.05, 0) is 52.9 Å². The summed E-state index contributed by atoms with van der Waals surface area (Å²) < 4.78 is 2.08. The number of fused-ring (bicyclic) bond motifs is 2. The summed E-state index contributed by atoms with van der Waals surface area (Å²) >= 11 is 0. The number of piperidine rings is 1. The van der Waals surface area contributed by atoms with Gasteiger partial charge in [0.25, 0.3) is 0 Å². The number of aromatic nitrogens is 3. The molecule has 1 saturated heterocycles. The molecule has 0 saturated carbocycles. The molecule has 2 aromatic rings. The highest BCUT2D eigenvalue weighted by Gasteiger charge is 2.36. The van der Waals surface area contributed by atoms with E-state index in [9.17, 15) is 0 Å². The highest BCUT2D eigenvalue weighted by molar-refractivity contribution is 6.16. The van der Waals surface area contributed by atoms with Gasteiger partial charge in [-0.15, -0.1) is 0 Å². The van der Waals surface area contributed by atoms with E-state index in [1.54, 1.807) is 6.20 Å². The summed E-state index contributed by atoms with van der Waals surface area (Å²) in [6, 6.07) is 2.53. The molecule has 4 rings (SSSR count). The van der Waals surface area contributed by atoms with Crippen LogP contribution in [0.4, 0.5) is 11.5 Å². The predicted octanol–water partition coefficient (Wildman–Crippen LogP) is 0.452. The molecule has 7 nitrogen and oxygen atoms in total. The Kier molecular flexibility index (Phi) is 4.19. The third kappa shape index (κ3) is 2.67. The van der Waals surface area contributed by atoms with E-state index in [4.69, 9.17) is 16.1 Å². The topological polar surface area (TPSA) is 88.8 Å². The van der Waals surface area contributed by atoms with Gasteiger partial charge in [-0.3, -0.25) is 10.1 Å². The van der Waals surface area contributed by atoms with Crippen LogP contribution in [0.5, 0.6) is 0 Å². The monoisotopic (exact) mass is 354 g/mol. The molecule has 7 heteroatoms. The molecule has 1 fully saturated rings. The van der Waals surface area contributed by atoms with Crippen molar-refractivity contribution in [2.24, 2.45) is 0 Å². The number of nitrogens with zero attached hydrogens (tertiary/aromatic N) is 5. The largest absolute Gasteiger partial charge is 0.398 e. The van der Waals surface area contributed by atoms with Crippen LogP contribution in [0.25, 0.3) is 0 Å². The second kappa shape index (κ2) is 6.39. The average molecular weight is 354 g/mol. The van der Waals surface area contributed by atoms with Gasteiger partial charge in [0.1, 0.15) is 11.4 Å². The van der Waals surface area contributed by atoms with Gasteiger partial charge in [0.05, 0.1) is 29.7 Å². The minimum absolute atomic E-state index is 0.275. The van der Waals surface area contributed by atoms with E-state index in [1.807, 2.05) is 12.3 Å². The zero-order valence-corrected chi connectivity index (χ0v) is 15.8. The summed E-state index contributed by atoms with van der Waals surface area (Å²) in [6.07, 6.45) is 5.88. The lowest BCUT2D eigenvalue weighted by atomic mass is 10.0. The van der Waals surface area contributed by atoms with Crippen LogP contribution in [0.2, 0.25) is 0 Å². The first-order valence-electron chi connectivity index (χ1n) is 9.36. The highest BCUT2D eigenvalue weighted by atomic mass is 15.3. The number of rotatable bonds is 2. The van der Waals surface area contributed by atoms with Crippen LogP contribution < -0.4 is 16.0 Å². The van der Waals surface area contributed by atoms with Crippen LogP contribution >= 0.6 is 0 Å². The van der Waals surface area contributed by atoms with Crippen LogP contribution in [0.3, 0.4) is 0 Å². The molecule has 2 aliphatic heterocycles. The zero-order chi connectivity index (χ0) is 18.4. The Morgan fingerprint density at radius 3 is 2.69 bits per heavy atom. The predicted molar refractivity (Wildman–Crippen MR) is 103 cm³/mol. The van der Waals surface area contributed by atoms with Crippen LogP contribution in [0.15, 0.2) is 18.5 Å². The van der Waals surface area contributed by atoms with Crippen molar-refractivity contribution in [3.8, 4) is 0 Å². The number of anilines is 2. The quantitative estimate of drug-likeness (QED) is 0.818. The van der Waals surface area contributed by atoms with E-state index in [1.165, 1.54) is 0 Å². The molecular formula is C19H28N7+. The fourth-order valence-corrected chi connectivity index (χ4v) is 4.15. The van der Waals surface area contributed by atoms with Crippen LogP contribution in [0.1, 0.15) is 49.6 Å². The average Bonchev–Trinajstić information content (AvgIpc) is 2.99. The molecule has 138 valence electrons. The van der Waals surface area contributed by atoms with Crippen molar-refractivity contribution in [1.29, 1.82) is 0 Å². The van der Waals surface area contributed by atoms with Crippen LogP contribution in [-0.2, 0) is 6.54 Å². The fraction of sp³-hybridized carbons (Fsp3) is 0.526. The van der Waals surface area contributed by atoms with E-state index in [0.717, 1.165) is 55.1 Å². The molecule has 0 bridgehead atoms. The van der Waals surface area contributed by atoms with Crippen molar-refractivity contribution in [2.45, 2.75) is 45.3 Å². The molecule has 0 spiro atoms. The molecule has 0 atom stereocenters. The molecule has 4 N–H and O–H groups in total.